The van der Waals surface area contributed by atoms with Gasteiger partial charge in [0.15, 0.2) is 0 Å². The van der Waals surface area contributed by atoms with Gasteiger partial charge in [-0.2, -0.15) is 0 Å². The number of carbonyl (C=O) groups excluding carboxylic acids is 4. The molecule has 1 rings (SSSR count). The summed E-state index contributed by atoms with van der Waals surface area (Å²) in [6.07, 6.45) is 4.89. The molecule has 0 aliphatic carbocycles. The second-order valence-corrected chi connectivity index (χ2v) is 30.3. The number of nitrogens with one attached hydrogen (secondary N) is 4. The van der Waals surface area contributed by atoms with Gasteiger partial charge in [0.25, 0.3) is 0 Å². The Morgan fingerprint density at radius 2 is 1.29 bits per heavy atom. The average Bonchev–Trinajstić information content (AvgIpc) is 2.92. The molecule has 0 radical (unpaired) electrons. The smallest absolute Gasteiger partial charge is 0.329 e. The Bertz CT molecular complexity index is 1210. The van der Waals surface area contributed by atoms with E-state index in [1.54, 1.807) is 6.92 Å². The minimum atomic E-state index is -2.12. The van der Waals surface area contributed by atoms with Crippen LogP contribution in [0.4, 0.5) is 10.5 Å². The summed E-state index contributed by atoms with van der Waals surface area (Å²) in [5, 5.41) is 12.0. The van der Waals surface area contributed by atoms with Crippen LogP contribution in [0.5, 0.6) is 0 Å². The van der Waals surface area contributed by atoms with Crippen molar-refractivity contribution in [1.29, 1.82) is 0 Å². The Hall–Kier alpha value is -2.96. The Morgan fingerprint density at radius 1 is 0.755 bits per heavy atom. The number of urea groups is 1. The van der Waals surface area contributed by atoms with E-state index in [-0.39, 0.29) is 36.1 Å². The summed E-state index contributed by atoms with van der Waals surface area (Å²) in [7, 11) is 0. The molecule has 1 aromatic carbocycles. The molecule has 1 aromatic rings. The molecule has 0 aliphatic rings. The topological polar surface area (TPSA) is 144 Å². The fraction of sp³-hybridized carbons (Fsp3) is 0.676. The third kappa shape index (κ3) is 24.8. The van der Waals surface area contributed by atoms with E-state index in [0.717, 1.165) is 5.69 Å². The van der Waals surface area contributed by atoms with Crippen LogP contribution in [0.3, 0.4) is 0 Å². The van der Waals surface area contributed by atoms with Crippen molar-refractivity contribution >= 4 is 51.6 Å². The van der Waals surface area contributed by atoms with Crippen LogP contribution in [-0.4, -0.2) is 78.3 Å². The molecule has 11 nitrogen and oxygen atoms in total. The monoisotopic (exact) mass is 798 g/mol. The molecular weight excluding hydrogens is 731 g/mol. The number of unbranched alkanes of at least 4 members (excludes halogenated alkanes) is 1. The van der Waals surface area contributed by atoms with Gasteiger partial charge in [-0.3, -0.25) is 9.59 Å². The molecule has 280 valence electrons. The summed E-state index contributed by atoms with van der Waals surface area (Å²) < 4.78 is 17.4. The number of esters is 3. The van der Waals surface area contributed by atoms with Gasteiger partial charge in [-0.1, -0.05) is 13.8 Å². The fourth-order valence-corrected chi connectivity index (χ4v) is 7.39. The van der Waals surface area contributed by atoms with Gasteiger partial charge in [0.2, 0.25) is 0 Å². The third-order valence-electron chi connectivity index (χ3n) is 6.20. The number of amides is 2. The number of anilines is 1. The summed E-state index contributed by atoms with van der Waals surface area (Å²) >= 11 is -2.12. The number of hydrogen-bond acceptors (Lipinski definition) is 9. The molecule has 0 aromatic heterocycles. The van der Waals surface area contributed by atoms with E-state index in [9.17, 15) is 19.2 Å². The minimum absolute atomic E-state index is 0.0297. The number of hydrogen-bond donors (Lipinski definition) is 4. The number of carbonyl (C=O) groups is 4. The van der Waals surface area contributed by atoms with E-state index in [4.69, 9.17) is 14.2 Å². The quantitative estimate of drug-likeness (QED) is 0.0657. The predicted molar refractivity (Wildman–Crippen MR) is 201 cm³/mol. The molecule has 1 unspecified atom stereocenters. The average molecular weight is 798 g/mol. The maximum absolute atomic E-state index is 13.0. The maximum atomic E-state index is 13.0. The van der Waals surface area contributed by atoms with Crippen LogP contribution >= 0.6 is 0 Å². The van der Waals surface area contributed by atoms with Crippen molar-refractivity contribution in [1.82, 2.24) is 16.0 Å². The van der Waals surface area contributed by atoms with Gasteiger partial charge in [0.05, 0.1) is 5.82 Å². The first kappa shape index (κ1) is 46.0. The molecular formula is C37H66N4O7Sn. The normalized spacial score (nSPS) is 12.8. The van der Waals surface area contributed by atoms with Crippen molar-refractivity contribution in [2.45, 2.75) is 146 Å². The zero-order valence-electron chi connectivity index (χ0n) is 32.8. The number of allylic oxidation sites excluding steroid dienone is 1. The van der Waals surface area contributed by atoms with Gasteiger partial charge in [0, 0.05) is 6.42 Å². The van der Waals surface area contributed by atoms with Crippen molar-refractivity contribution in [3.63, 3.8) is 0 Å². The van der Waals surface area contributed by atoms with Gasteiger partial charge < -0.3 is 24.8 Å². The van der Waals surface area contributed by atoms with Gasteiger partial charge in [-0.25, -0.2) is 4.79 Å². The molecule has 4 N–H and O–H groups in total. The van der Waals surface area contributed by atoms with Crippen LogP contribution < -0.4 is 24.8 Å². The molecule has 0 spiro atoms. The Morgan fingerprint density at radius 3 is 1.73 bits per heavy atom. The van der Waals surface area contributed by atoms with Gasteiger partial charge in [0.1, 0.15) is 23.3 Å². The van der Waals surface area contributed by atoms with Crippen molar-refractivity contribution in [3.8, 4) is 0 Å². The predicted octanol–water partition coefficient (Wildman–Crippen LogP) is 6.74. The van der Waals surface area contributed by atoms with Crippen LogP contribution in [0.15, 0.2) is 36.2 Å². The first-order chi connectivity index (χ1) is 22.3. The van der Waals surface area contributed by atoms with Crippen LogP contribution in [0.2, 0.25) is 14.8 Å². The fourth-order valence-electron chi connectivity index (χ4n) is 4.06. The van der Waals surface area contributed by atoms with E-state index in [1.165, 1.54) is 3.58 Å². The summed E-state index contributed by atoms with van der Waals surface area (Å²) in [6, 6.07) is 7.24. The Labute approximate surface area is 300 Å². The molecule has 0 saturated heterocycles. The van der Waals surface area contributed by atoms with Crippen LogP contribution in [0.25, 0.3) is 0 Å². The van der Waals surface area contributed by atoms with Gasteiger partial charge in [-0.15, -0.1) is 0 Å². The maximum Gasteiger partial charge on any atom is 0.329 e. The molecule has 2 amide bonds. The summed E-state index contributed by atoms with van der Waals surface area (Å²) in [5.41, 5.74) is -0.777. The first-order valence-electron chi connectivity index (χ1n) is 17.4. The van der Waals surface area contributed by atoms with E-state index in [1.807, 2.05) is 87.4 Å². The SMILES string of the molecule is CC/C=C(\NCC(=O)OC(C)(C)C)NC(CCCCNC(=O)Nc1cc[c]([Sn]([CH3])([CH3])[CH3])cc1)C(=O)OC(C)(C)C.CCC(=O)OC(C)(C)C. The standard InChI is InChI=1S/C27H43N4O5.C7H14O2.3CH3.Sn/c1-8-14-22(29-19-23(32)35-26(2,3)4)31-21(24(33)36-27(5,6)7)17-12-13-18-28-25(34)30-20-15-10-9-11-16-20;1-5-6(8)9-7(2,3)4;;;;/h10-11,14-16,21,29,31H,8,12-13,17-19H2,1-7H3,(H2,28,30,34);5H2,1-4H3;3*1H3;/b22-14+;;;;;. The molecule has 0 heterocycles. The molecule has 12 heteroatoms. The third-order valence-corrected chi connectivity index (χ3v) is 12.1. The van der Waals surface area contributed by atoms with Crippen LogP contribution in [-0.2, 0) is 28.6 Å². The summed E-state index contributed by atoms with van der Waals surface area (Å²) in [6.45, 7) is 20.7. The van der Waals surface area contributed by atoms with Crippen molar-refractivity contribution in [3.05, 3.63) is 36.2 Å². The van der Waals surface area contributed by atoms with Crippen molar-refractivity contribution < 1.29 is 33.4 Å². The van der Waals surface area contributed by atoms with Gasteiger partial charge >= 0.3 is 138 Å². The van der Waals surface area contributed by atoms with Crippen LogP contribution in [0, 0.1) is 0 Å². The number of ether oxygens (including phenoxy) is 3. The van der Waals surface area contributed by atoms with Crippen LogP contribution in [0.1, 0.15) is 108 Å². The zero-order chi connectivity index (χ0) is 38.1. The molecule has 49 heavy (non-hydrogen) atoms. The molecule has 0 bridgehead atoms. The Kier molecular flexibility index (Phi) is 20.0. The van der Waals surface area contributed by atoms with E-state index in [0.29, 0.717) is 44.5 Å². The molecule has 0 aliphatic heterocycles. The number of benzene rings is 1. The van der Waals surface area contributed by atoms with E-state index >= 15 is 0 Å². The minimum Gasteiger partial charge on any atom is -0.460 e. The molecule has 0 fully saturated rings. The second kappa shape index (κ2) is 21.3. The largest absolute Gasteiger partial charge is 0.460 e. The van der Waals surface area contributed by atoms with Gasteiger partial charge in [-0.05, 0) is 74.8 Å². The Balaban J connectivity index is 0.00000223. The van der Waals surface area contributed by atoms with Crippen molar-refractivity contribution in [2.75, 3.05) is 18.4 Å². The van der Waals surface area contributed by atoms with E-state index < -0.39 is 35.6 Å². The summed E-state index contributed by atoms with van der Waals surface area (Å²) in [5.74, 6) is -0.323. The number of rotatable bonds is 15. The van der Waals surface area contributed by atoms with E-state index in [2.05, 4.69) is 48.2 Å². The first-order valence-corrected chi connectivity index (χ1v) is 27.4. The second-order valence-electron chi connectivity index (χ2n) is 15.8. The zero-order valence-corrected chi connectivity index (χ0v) is 35.6. The molecule has 1 atom stereocenters. The summed E-state index contributed by atoms with van der Waals surface area (Å²) in [4.78, 5) is 55.2. The van der Waals surface area contributed by atoms with Crippen molar-refractivity contribution in [2.24, 2.45) is 0 Å². The molecule has 0 saturated carbocycles.